The molecule has 11 aromatic rings. The van der Waals surface area contributed by atoms with Gasteiger partial charge in [-0.25, -0.2) is 15.0 Å². The van der Waals surface area contributed by atoms with Crippen molar-refractivity contribution in [3.8, 4) is 62.0 Å². The van der Waals surface area contributed by atoms with Crippen molar-refractivity contribution >= 4 is 43.5 Å². The Balaban J connectivity index is 1.01. The Bertz CT molecular complexity index is 3210. The van der Waals surface area contributed by atoms with Crippen molar-refractivity contribution in [3.63, 3.8) is 0 Å². The van der Waals surface area contributed by atoms with Gasteiger partial charge in [0.05, 0.1) is 33.6 Å². The van der Waals surface area contributed by atoms with Crippen molar-refractivity contribution in [3.05, 3.63) is 206 Å². The molecular formula is C53H34N4. The maximum absolute atomic E-state index is 5.15. The lowest BCUT2D eigenvalue weighted by Crippen LogP contribution is -1.97. The molecule has 0 atom stereocenters. The van der Waals surface area contributed by atoms with Crippen LogP contribution >= 0.6 is 0 Å². The second kappa shape index (κ2) is 13.6. The maximum Gasteiger partial charge on any atom is 0.160 e. The van der Waals surface area contributed by atoms with E-state index in [4.69, 9.17) is 15.0 Å². The van der Waals surface area contributed by atoms with Crippen molar-refractivity contribution in [1.29, 1.82) is 0 Å². The quantitative estimate of drug-likeness (QED) is 0.160. The van der Waals surface area contributed by atoms with E-state index in [9.17, 15) is 0 Å². The number of benzene rings is 8. The SMILES string of the molecule is c1ccc(-c2nc(-c3ccc(-c4cccc5c(-c6ccccc6)nc6ccccc6c45)cc3)cc(-c3ccc(-n4c5ccccc5c5ccccc54)cc3)n2)cc1. The molecule has 57 heavy (non-hydrogen) atoms. The second-order valence-electron chi connectivity index (χ2n) is 14.4. The lowest BCUT2D eigenvalue weighted by Gasteiger charge is -2.15. The Morgan fingerprint density at radius 3 is 1.49 bits per heavy atom. The Hall–Kier alpha value is -7.69. The maximum atomic E-state index is 5.15. The van der Waals surface area contributed by atoms with Gasteiger partial charge in [0, 0.05) is 54.9 Å². The summed E-state index contributed by atoms with van der Waals surface area (Å²) in [4.78, 5) is 15.4. The number of hydrogen-bond donors (Lipinski definition) is 0. The minimum Gasteiger partial charge on any atom is -0.309 e. The van der Waals surface area contributed by atoms with E-state index < -0.39 is 0 Å². The standard InChI is InChI=1S/C53H34N4/c1-3-14-38(15-4-1)52-45-22-13-21-41(51(45)44-20-7-10-23-46(44)54-52)35-26-28-36(29-27-35)47-34-48(56-53(55-47)39-16-5-2-6-17-39)37-30-32-40(33-31-37)57-49-24-11-8-18-42(49)43-19-9-12-25-50(43)57/h1-34H. The van der Waals surface area contributed by atoms with Crippen LogP contribution in [-0.2, 0) is 0 Å². The molecule has 0 radical (unpaired) electrons. The average molecular weight is 727 g/mol. The molecule has 0 saturated carbocycles. The van der Waals surface area contributed by atoms with E-state index >= 15 is 0 Å². The first-order chi connectivity index (χ1) is 28.3. The van der Waals surface area contributed by atoms with Crippen molar-refractivity contribution in [2.45, 2.75) is 0 Å². The molecule has 0 bridgehead atoms. The monoisotopic (exact) mass is 726 g/mol. The zero-order valence-corrected chi connectivity index (χ0v) is 30.9. The molecule has 266 valence electrons. The van der Waals surface area contributed by atoms with Gasteiger partial charge in [0.15, 0.2) is 5.82 Å². The number of pyridine rings is 1. The largest absolute Gasteiger partial charge is 0.309 e. The summed E-state index contributed by atoms with van der Waals surface area (Å²) < 4.78 is 2.34. The summed E-state index contributed by atoms with van der Waals surface area (Å²) in [6.45, 7) is 0. The van der Waals surface area contributed by atoms with E-state index in [1.165, 1.54) is 32.8 Å². The van der Waals surface area contributed by atoms with Crippen LogP contribution in [0.2, 0.25) is 0 Å². The third-order valence-electron chi connectivity index (χ3n) is 11.0. The predicted octanol–water partition coefficient (Wildman–Crippen LogP) is 13.6. The zero-order chi connectivity index (χ0) is 37.7. The van der Waals surface area contributed by atoms with Crippen molar-refractivity contribution in [2.24, 2.45) is 0 Å². The van der Waals surface area contributed by atoms with Gasteiger partial charge in [-0.05, 0) is 47.5 Å². The molecule has 11 rings (SSSR count). The minimum absolute atomic E-state index is 0.695. The fourth-order valence-corrected chi connectivity index (χ4v) is 8.32. The number of nitrogens with zero attached hydrogens (tertiary/aromatic N) is 4. The van der Waals surface area contributed by atoms with Crippen LogP contribution in [0.5, 0.6) is 0 Å². The van der Waals surface area contributed by atoms with Gasteiger partial charge in [0.25, 0.3) is 0 Å². The van der Waals surface area contributed by atoms with Crippen LogP contribution < -0.4 is 0 Å². The zero-order valence-electron chi connectivity index (χ0n) is 30.9. The Morgan fingerprint density at radius 2 is 0.842 bits per heavy atom. The molecule has 0 aliphatic carbocycles. The smallest absolute Gasteiger partial charge is 0.160 e. The fourth-order valence-electron chi connectivity index (χ4n) is 8.32. The van der Waals surface area contributed by atoms with Gasteiger partial charge in [-0.2, -0.15) is 0 Å². The van der Waals surface area contributed by atoms with Gasteiger partial charge in [-0.3, -0.25) is 0 Å². The van der Waals surface area contributed by atoms with Crippen LogP contribution in [0.1, 0.15) is 0 Å². The fraction of sp³-hybridized carbons (Fsp3) is 0. The van der Waals surface area contributed by atoms with Crippen LogP contribution in [-0.4, -0.2) is 19.5 Å². The summed E-state index contributed by atoms with van der Waals surface area (Å²) in [6, 6.07) is 72.6. The summed E-state index contributed by atoms with van der Waals surface area (Å²) in [6.07, 6.45) is 0. The first-order valence-electron chi connectivity index (χ1n) is 19.3. The van der Waals surface area contributed by atoms with E-state index in [0.29, 0.717) is 5.82 Å². The number of hydrogen-bond acceptors (Lipinski definition) is 3. The van der Waals surface area contributed by atoms with Gasteiger partial charge >= 0.3 is 0 Å². The van der Waals surface area contributed by atoms with Crippen LogP contribution in [0.4, 0.5) is 0 Å². The van der Waals surface area contributed by atoms with E-state index in [1.807, 2.05) is 24.3 Å². The predicted molar refractivity (Wildman–Crippen MR) is 236 cm³/mol. The highest BCUT2D eigenvalue weighted by Gasteiger charge is 2.17. The van der Waals surface area contributed by atoms with Gasteiger partial charge < -0.3 is 4.57 Å². The van der Waals surface area contributed by atoms with E-state index in [-0.39, 0.29) is 0 Å². The minimum atomic E-state index is 0.695. The highest BCUT2D eigenvalue weighted by molar-refractivity contribution is 6.17. The highest BCUT2D eigenvalue weighted by Crippen LogP contribution is 2.39. The van der Waals surface area contributed by atoms with E-state index in [2.05, 4.69) is 187 Å². The molecule has 0 aliphatic heterocycles. The number of fused-ring (bicyclic) bond motifs is 6. The molecule has 0 fully saturated rings. The molecule has 3 heterocycles. The van der Waals surface area contributed by atoms with Crippen LogP contribution in [0, 0.1) is 0 Å². The summed E-state index contributed by atoms with van der Waals surface area (Å²) in [5.74, 6) is 0.695. The first-order valence-corrected chi connectivity index (χ1v) is 19.3. The van der Waals surface area contributed by atoms with Gasteiger partial charge in [-0.1, -0.05) is 170 Å². The summed E-state index contributed by atoms with van der Waals surface area (Å²) >= 11 is 0. The molecule has 4 nitrogen and oxygen atoms in total. The van der Waals surface area contributed by atoms with Gasteiger partial charge in [-0.15, -0.1) is 0 Å². The third-order valence-corrected chi connectivity index (χ3v) is 11.0. The normalized spacial score (nSPS) is 11.5. The number of para-hydroxylation sites is 3. The molecule has 0 N–H and O–H groups in total. The third kappa shape index (κ3) is 5.66. The lowest BCUT2D eigenvalue weighted by molar-refractivity contribution is 1.17. The molecule has 0 saturated heterocycles. The Morgan fingerprint density at radius 1 is 0.333 bits per heavy atom. The van der Waals surface area contributed by atoms with E-state index in [0.717, 1.165) is 66.9 Å². The van der Waals surface area contributed by atoms with Crippen LogP contribution in [0.3, 0.4) is 0 Å². The van der Waals surface area contributed by atoms with E-state index in [1.54, 1.807) is 0 Å². The summed E-state index contributed by atoms with van der Waals surface area (Å²) in [5.41, 5.74) is 13.7. The topological polar surface area (TPSA) is 43.6 Å². The first kappa shape index (κ1) is 32.7. The van der Waals surface area contributed by atoms with Crippen LogP contribution in [0.15, 0.2) is 206 Å². The van der Waals surface area contributed by atoms with Crippen molar-refractivity contribution in [2.75, 3.05) is 0 Å². The molecule has 0 spiro atoms. The van der Waals surface area contributed by atoms with Crippen molar-refractivity contribution < 1.29 is 0 Å². The molecule has 0 unspecified atom stereocenters. The highest BCUT2D eigenvalue weighted by atomic mass is 15.0. The number of aromatic nitrogens is 4. The Kier molecular flexibility index (Phi) is 7.78. The molecule has 3 aromatic heterocycles. The molecule has 0 amide bonds. The number of rotatable bonds is 6. The van der Waals surface area contributed by atoms with Gasteiger partial charge in [0.2, 0.25) is 0 Å². The summed E-state index contributed by atoms with van der Waals surface area (Å²) in [5, 5.41) is 5.98. The molecule has 4 heteroatoms. The van der Waals surface area contributed by atoms with Gasteiger partial charge in [0.1, 0.15) is 0 Å². The van der Waals surface area contributed by atoms with Crippen LogP contribution in [0.25, 0.3) is 105 Å². The van der Waals surface area contributed by atoms with Crippen molar-refractivity contribution in [1.82, 2.24) is 19.5 Å². The Labute approximate surface area is 330 Å². The molecule has 8 aromatic carbocycles. The average Bonchev–Trinajstić information content (AvgIpc) is 3.63. The second-order valence-corrected chi connectivity index (χ2v) is 14.4. The molecule has 0 aliphatic rings. The summed E-state index contributed by atoms with van der Waals surface area (Å²) in [7, 11) is 0. The molecular weight excluding hydrogens is 693 g/mol. The lowest BCUT2D eigenvalue weighted by atomic mass is 9.92.